The molecule has 0 spiro atoms. The van der Waals surface area contributed by atoms with Crippen LogP contribution in [0, 0.1) is 11.3 Å². The predicted molar refractivity (Wildman–Crippen MR) is 130 cm³/mol. The molecule has 0 bridgehead atoms. The van der Waals surface area contributed by atoms with Gasteiger partial charge in [0.15, 0.2) is 0 Å². The molecule has 2 aliphatic rings. The first-order chi connectivity index (χ1) is 16.8. The lowest BCUT2D eigenvalue weighted by atomic mass is 9.85. The Bertz CT molecular complexity index is 1070. The van der Waals surface area contributed by atoms with Gasteiger partial charge in [-0.15, -0.1) is 0 Å². The van der Waals surface area contributed by atoms with Crippen LogP contribution in [0.1, 0.15) is 44.2 Å². The van der Waals surface area contributed by atoms with E-state index >= 15 is 0 Å². The van der Waals surface area contributed by atoms with Gasteiger partial charge in [0, 0.05) is 5.92 Å². The number of hydrogen-bond acceptors (Lipinski definition) is 5. The van der Waals surface area contributed by atoms with Crippen molar-refractivity contribution in [3.8, 4) is 11.1 Å². The summed E-state index contributed by atoms with van der Waals surface area (Å²) in [5.74, 6) is -1.76. The molecule has 4 atom stereocenters. The minimum Gasteiger partial charge on any atom is -0.481 e. The molecule has 1 aliphatic carbocycles. The molecule has 8 nitrogen and oxygen atoms in total. The lowest BCUT2D eigenvalue weighted by molar-refractivity contribution is -0.149. The van der Waals surface area contributed by atoms with Crippen molar-refractivity contribution in [2.24, 2.45) is 11.3 Å². The van der Waals surface area contributed by atoms with Crippen molar-refractivity contribution in [1.29, 1.82) is 0 Å². The van der Waals surface area contributed by atoms with Gasteiger partial charge < -0.3 is 25.2 Å². The fourth-order valence-electron chi connectivity index (χ4n) is 4.82. The molecule has 2 aromatic carbocycles. The molecule has 4 unspecified atom stereocenters. The van der Waals surface area contributed by atoms with Crippen molar-refractivity contribution in [2.75, 3.05) is 19.8 Å². The summed E-state index contributed by atoms with van der Waals surface area (Å²) in [6.45, 7) is 5.58. The van der Waals surface area contributed by atoms with Crippen LogP contribution >= 0.6 is 0 Å². The second-order valence-electron chi connectivity index (χ2n) is 9.63. The van der Waals surface area contributed by atoms with Crippen LogP contribution in [0.3, 0.4) is 0 Å². The third kappa shape index (κ3) is 4.75. The van der Waals surface area contributed by atoms with E-state index in [1.165, 1.54) is 0 Å². The van der Waals surface area contributed by atoms with Crippen LogP contribution in [-0.4, -0.2) is 55.0 Å². The highest BCUT2D eigenvalue weighted by atomic mass is 16.5. The number of carboxylic acid groups (broad SMARTS) is 1. The molecule has 2 amide bonds. The first-order valence-corrected chi connectivity index (χ1v) is 12.0. The van der Waals surface area contributed by atoms with Crippen LogP contribution in [0.4, 0.5) is 4.79 Å². The molecular weight excluding hydrogens is 448 g/mol. The second-order valence-corrected chi connectivity index (χ2v) is 9.63. The molecule has 186 valence electrons. The van der Waals surface area contributed by atoms with Gasteiger partial charge in [-0.1, -0.05) is 68.8 Å². The largest absolute Gasteiger partial charge is 0.481 e. The summed E-state index contributed by atoms with van der Waals surface area (Å²) in [5, 5.41) is 15.1. The Hall–Kier alpha value is -3.39. The number of fused-ring (bicyclic) bond motifs is 3. The SMILES string of the molecule is CCC(C)C(NC(=O)OCC1c2ccccc2-c2ccccc21)C(=O)NC1COCC1(C)C(=O)O. The number of hydrogen-bond donors (Lipinski definition) is 3. The predicted octanol–water partition coefficient (Wildman–Crippen LogP) is 3.55. The molecule has 1 heterocycles. The third-order valence-electron chi connectivity index (χ3n) is 7.37. The van der Waals surface area contributed by atoms with Crippen molar-refractivity contribution < 1.29 is 29.0 Å². The number of carboxylic acids is 1. The first kappa shape index (κ1) is 24.7. The van der Waals surface area contributed by atoms with Gasteiger partial charge in [-0.3, -0.25) is 9.59 Å². The average molecular weight is 481 g/mol. The van der Waals surface area contributed by atoms with Crippen molar-refractivity contribution >= 4 is 18.0 Å². The van der Waals surface area contributed by atoms with E-state index in [2.05, 4.69) is 22.8 Å². The Morgan fingerprint density at radius 2 is 1.71 bits per heavy atom. The zero-order valence-corrected chi connectivity index (χ0v) is 20.2. The molecule has 2 aromatic rings. The Balaban J connectivity index is 1.43. The molecule has 8 heteroatoms. The number of nitrogens with one attached hydrogen (secondary N) is 2. The summed E-state index contributed by atoms with van der Waals surface area (Å²) in [4.78, 5) is 37.6. The monoisotopic (exact) mass is 480 g/mol. The number of carbonyl (C=O) groups excluding carboxylic acids is 2. The fourth-order valence-corrected chi connectivity index (χ4v) is 4.82. The van der Waals surface area contributed by atoms with E-state index in [0.717, 1.165) is 22.3 Å². The summed E-state index contributed by atoms with van der Waals surface area (Å²) < 4.78 is 10.9. The number of benzene rings is 2. The molecular formula is C27H32N2O6. The number of ether oxygens (including phenoxy) is 2. The topological polar surface area (TPSA) is 114 Å². The maximum atomic E-state index is 13.1. The first-order valence-electron chi connectivity index (χ1n) is 12.0. The van der Waals surface area contributed by atoms with Gasteiger partial charge in [0.25, 0.3) is 0 Å². The molecule has 1 saturated heterocycles. The van der Waals surface area contributed by atoms with E-state index in [1.807, 2.05) is 50.2 Å². The van der Waals surface area contributed by atoms with Gasteiger partial charge in [0.1, 0.15) is 18.1 Å². The number of rotatable bonds is 8. The number of alkyl carbamates (subject to hydrolysis) is 1. The molecule has 0 radical (unpaired) electrons. The van der Waals surface area contributed by atoms with Crippen molar-refractivity contribution in [3.05, 3.63) is 59.7 Å². The second kappa shape index (κ2) is 10.1. The van der Waals surface area contributed by atoms with Crippen molar-refractivity contribution in [1.82, 2.24) is 10.6 Å². The maximum absolute atomic E-state index is 13.1. The van der Waals surface area contributed by atoms with E-state index < -0.39 is 35.5 Å². The Morgan fingerprint density at radius 3 is 2.29 bits per heavy atom. The minimum absolute atomic E-state index is 0.0150. The average Bonchev–Trinajstić information content (AvgIpc) is 3.39. The van der Waals surface area contributed by atoms with Gasteiger partial charge in [0.05, 0.1) is 19.3 Å². The highest BCUT2D eigenvalue weighted by Crippen LogP contribution is 2.44. The smallest absolute Gasteiger partial charge is 0.407 e. The highest BCUT2D eigenvalue weighted by molar-refractivity contribution is 5.87. The summed E-state index contributed by atoms with van der Waals surface area (Å²) in [6, 6.07) is 14.6. The maximum Gasteiger partial charge on any atom is 0.407 e. The van der Waals surface area contributed by atoms with Gasteiger partial charge >= 0.3 is 12.1 Å². The Morgan fingerprint density at radius 1 is 1.11 bits per heavy atom. The summed E-state index contributed by atoms with van der Waals surface area (Å²) in [7, 11) is 0. The van der Waals surface area contributed by atoms with Gasteiger partial charge in [-0.05, 0) is 35.1 Å². The number of amides is 2. The lowest BCUT2D eigenvalue weighted by Gasteiger charge is -2.29. The van der Waals surface area contributed by atoms with E-state index in [1.54, 1.807) is 6.92 Å². The molecule has 35 heavy (non-hydrogen) atoms. The molecule has 3 N–H and O–H groups in total. The molecule has 4 rings (SSSR count). The molecule has 0 saturated carbocycles. The zero-order chi connectivity index (χ0) is 25.2. The zero-order valence-electron chi connectivity index (χ0n) is 20.2. The molecule has 1 fully saturated rings. The van der Waals surface area contributed by atoms with Gasteiger partial charge in [0.2, 0.25) is 5.91 Å². The van der Waals surface area contributed by atoms with Crippen LogP contribution in [0.25, 0.3) is 11.1 Å². The van der Waals surface area contributed by atoms with Crippen LogP contribution < -0.4 is 10.6 Å². The van der Waals surface area contributed by atoms with Crippen LogP contribution in [0.5, 0.6) is 0 Å². The van der Waals surface area contributed by atoms with Crippen molar-refractivity contribution in [2.45, 2.75) is 45.2 Å². The molecule has 1 aliphatic heterocycles. The highest BCUT2D eigenvalue weighted by Gasteiger charge is 2.48. The van der Waals surface area contributed by atoms with E-state index in [-0.39, 0.29) is 31.7 Å². The molecule has 0 aromatic heterocycles. The van der Waals surface area contributed by atoms with Gasteiger partial charge in [-0.25, -0.2) is 4.79 Å². The van der Waals surface area contributed by atoms with E-state index in [9.17, 15) is 19.5 Å². The van der Waals surface area contributed by atoms with E-state index in [0.29, 0.717) is 6.42 Å². The number of aliphatic carboxylic acids is 1. The lowest BCUT2D eigenvalue weighted by Crippen LogP contribution is -2.57. The van der Waals surface area contributed by atoms with Crippen LogP contribution in [0.2, 0.25) is 0 Å². The van der Waals surface area contributed by atoms with Gasteiger partial charge in [-0.2, -0.15) is 0 Å². The Labute approximate surface area is 205 Å². The summed E-state index contributed by atoms with van der Waals surface area (Å²) in [5.41, 5.74) is 3.25. The number of carbonyl (C=O) groups is 3. The van der Waals surface area contributed by atoms with Crippen molar-refractivity contribution in [3.63, 3.8) is 0 Å². The normalized spacial score (nSPS) is 22.5. The fraction of sp³-hybridized carbons (Fsp3) is 0.444. The minimum atomic E-state index is -1.22. The quantitative estimate of drug-likeness (QED) is 0.533. The standard InChI is InChI=1S/C27H32N2O6/c1-4-16(2)23(24(30)28-22-14-34-15-27(22,3)25(31)32)29-26(33)35-13-21-19-11-7-5-9-17(19)18-10-6-8-12-20(18)21/h5-12,16,21-23H,4,13-15H2,1-3H3,(H,28,30)(H,29,33)(H,31,32). The van der Waals surface area contributed by atoms with Crippen LogP contribution in [-0.2, 0) is 19.1 Å². The third-order valence-corrected chi connectivity index (χ3v) is 7.37. The Kier molecular flexibility index (Phi) is 7.12. The van der Waals surface area contributed by atoms with E-state index in [4.69, 9.17) is 9.47 Å². The summed E-state index contributed by atoms with van der Waals surface area (Å²) in [6.07, 6.45) is -0.0463. The summed E-state index contributed by atoms with van der Waals surface area (Å²) >= 11 is 0. The van der Waals surface area contributed by atoms with Crippen LogP contribution in [0.15, 0.2) is 48.5 Å².